The summed E-state index contributed by atoms with van der Waals surface area (Å²) in [5.41, 5.74) is 0.546. The molecule has 2 rings (SSSR count). The minimum Gasteiger partial charge on any atom is -0.508 e. The first-order valence-corrected chi connectivity index (χ1v) is 5.61. The van der Waals surface area contributed by atoms with Gasteiger partial charge >= 0.3 is 0 Å². The van der Waals surface area contributed by atoms with Gasteiger partial charge in [0.2, 0.25) is 0 Å². The van der Waals surface area contributed by atoms with Crippen molar-refractivity contribution < 1.29 is 15.3 Å². The summed E-state index contributed by atoms with van der Waals surface area (Å²) in [4.78, 5) is 0. The number of nitrogens with one attached hydrogen (secondary N) is 1. The highest BCUT2D eigenvalue weighted by Crippen LogP contribution is 2.34. The lowest BCUT2D eigenvalue weighted by molar-refractivity contribution is 0.356. The van der Waals surface area contributed by atoms with E-state index in [2.05, 4.69) is 5.32 Å². The van der Waals surface area contributed by atoms with Crippen molar-refractivity contribution in [1.29, 1.82) is 0 Å². The Balaban J connectivity index is 2.14. The summed E-state index contributed by atoms with van der Waals surface area (Å²) in [6.45, 7) is 1.98. The van der Waals surface area contributed by atoms with Crippen molar-refractivity contribution in [3.05, 3.63) is 17.7 Å². The quantitative estimate of drug-likeness (QED) is 0.610. The monoisotopic (exact) mass is 223 g/mol. The summed E-state index contributed by atoms with van der Waals surface area (Å²) >= 11 is 0. The molecule has 0 aromatic heterocycles. The molecule has 4 N–H and O–H groups in total. The van der Waals surface area contributed by atoms with Gasteiger partial charge in [-0.25, -0.2) is 0 Å². The van der Waals surface area contributed by atoms with Gasteiger partial charge in [-0.2, -0.15) is 0 Å². The van der Waals surface area contributed by atoms with Crippen molar-refractivity contribution >= 4 is 0 Å². The normalized spacial score (nSPS) is 17.5. The van der Waals surface area contributed by atoms with Crippen molar-refractivity contribution in [3.8, 4) is 17.2 Å². The summed E-state index contributed by atoms with van der Waals surface area (Å²) in [7, 11) is 0. The fourth-order valence-electron chi connectivity index (χ4n) is 2.21. The van der Waals surface area contributed by atoms with Gasteiger partial charge in [0, 0.05) is 17.7 Å². The minimum atomic E-state index is -0.107. The van der Waals surface area contributed by atoms with Crippen molar-refractivity contribution in [3.63, 3.8) is 0 Å². The Morgan fingerprint density at radius 3 is 2.19 bits per heavy atom. The number of piperidine rings is 1. The number of hydrogen-bond acceptors (Lipinski definition) is 4. The van der Waals surface area contributed by atoms with E-state index in [4.69, 9.17) is 0 Å². The Bertz CT molecular complexity index is 350. The molecule has 0 bridgehead atoms. The van der Waals surface area contributed by atoms with Gasteiger partial charge in [0.15, 0.2) is 0 Å². The van der Waals surface area contributed by atoms with Gasteiger partial charge in [-0.05, 0) is 38.3 Å². The highest BCUT2D eigenvalue weighted by molar-refractivity contribution is 5.48. The molecule has 1 aromatic rings. The zero-order valence-corrected chi connectivity index (χ0v) is 9.11. The first kappa shape index (κ1) is 11.1. The van der Waals surface area contributed by atoms with Crippen molar-refractivity contribution in [2.75, 3.05) is 13.1 Å². The van der Waals surface area contributed by atoms with Gasteiger partial charge in [-0.3, -0.25) is 0 Å². The summed E-state index contributed by atoms with van der Waals surface area (Å²) in [5.74, 6) is 0.346. The molecule has 1 aliphatic heterocycles. The van der Waals surface area contributed by atoms with Crippen molar-refractivity contribution in [2.24, 2.45) is 5.92 Å². The van der Waals surface area contributed by atoms with Crippen LogP contribution in [-0.2, 0) is 6.42 Å². The topological polar surface area (TPSA) is 72.7 Å². The van der Waals surface area contributed by atoms with Crippen LogP contribution in [0.5, 0.6) is 17.2 Å². The molecule has 1 aromatic carbocycles. The van der Waals surface area contributed by atoms with Crippen LogP contribution in [0.25, 0.3) is 0 Å². The van der Waals surface area contributed by atoms with Gasteiger partial charge in [0.05, 0.1) is 0 Å². The molecule has 1 aliphatic rings. The molecule has 0 radical (unpaired) electrons. The molecule has 4 heteroatoms. The summed E-state index contributed by atoms with van der Waals surface area (Å²) in [6, 6.07) is 2.55. The standard InChI is InChI=1S/C12H17NO3/c14-9-6-11(15)10(12(16)7-9)5-8-1-3-13-4-2-8/h6-8,13-16H,1-5H2. The molecule has 88 valence electrons. The third kappa shape index (κ3) is 2.39. The van der Waals surface area contributed by atoms with Crippen LogP contribution >= 0.6 is 0 Å². The number of hydrogen-bond donors (Lipinski definition) is 4. The van der Waals surface area contributed by atoms with E-state index in [0.29, 0.717) is 17.9 Å². The smallest absolute Gasteiger partial charge is 0.126 e. The molecule has 0 spiro atoms. The molecular formula is C12H17NO3. The van der Waals surface area contributed by atoms with E-state index >= 15 is 0 Å². The molecule has 16 heavy (non-hydrogen) atoms. The van der Waals surface area contributed by atoms with Gasteiger partial charge < -0.3 is 20.6 Å². The Morgan fingerprint density at radius 2 is 1.62 bits per heavy atom. The molecule has 1 saturated heterocycles. The Morgan fingerprint density at radius 1 is 1.06 bits per heavy atom. The first-order valence-electron chi connectivity index (χ1n) is 5.61. The second-order valence-corrected chi connectivity index (χ2v) is 4.36. The molecular weight excluding hydrogens is 206 g/mol. The van der Waals surface area contributed by atoms with Crippen LogP contribution in [0.15, 0.2) is 12.1 Å². The molecule has 4 nitrogen and oxygen atoms in total. The van der Waals surface area contributed by atoms with Crippen LogP contribution in [0.1, 0.15) is 18.4 Å². The third-order valence-corrected chi connectivity index (χ3v) is 3.14. The number of rotatable bonds is 2. The van der Waals surface area contributed by atoms with E-state index in [1.807, 2.05) is 0 Å². The third-order valence-electron chi connectivity index (χ3n) is 3.14. The molecule has 0 aliphatic carbocycles. The Kier molecular flexibility index (Phi) is 3.19. The Labute approximate surface area is 94.5 Å². The molecule has 0 amide bonds. The predicted molar refractivity (Wildman–Crippen MR) is 60.7 cm³/mol. The van der Waals surface area contributed by atoms with Gasteiger partial charge in [0.25, 0.3) is 0 Å². The fourth-order valence-corrected chi connectivity index (χ4v) is 2.21. The maximum atomic E-state index is 9.67. The minimum absolute atomic E-state index is 0.0176. The zero-order chi connectivity index (χ0) is 11.5. The van der Waals surface area contributed by atoms with E-state index in [9.17, 15) is 15.3 Å². The maximum Gasteiger partial charge on any atom is 0.126 e. The maximum absolute atomic E-state index is 9.67. The van der Waals surface area contributed by atoms with Crippen LogP contribution < -0.4 is 5.32 Å². The summed E-state index contributed by atoms with van der Waals surface area (Å²) in [6.07, 6.45) is 2.78. The lowest BCUT2D eigenvalue weighted by Gasteiger charge is -2.23. The van der Waals surface area contributed by atoms with Gasteiger partial charge in [-0.1, -0.05) is 0 Å². The van der Waals surface area contributed by atoms with E-state index < -0.39 is 0 Å². The second-order valence-electron chi connectivity index (χ2n) is 4.36. The second kappa shape index (κ2) is 4.61. The first-order chi connectivity index (χ1) is 7.66. The van der Waals surface area contributed by atoms with E-state index in [1.54, 1.807) is 0 Å². The van der Waals surface area contributed by atoms with Crippen LogP contribution in [0, 0.1) is 5.92 Å². The largest absolute Gasteiger partial charge is 0.508 e. The molecule has 1 heterocycles. The van der Waals surface area contributed by atoms with E-state index in [1.165, 1.54) is 12.1 Å². The summed E-state index contributed by atoms with van der Waals surface area (Å²) < 4.78 is 0. The average Bonchev–Trinajstić information content (AvgIpc) is 2.25. The van der Waals surface area contributed by atoms with Crippen LogP contribution in [-0.4, -0.2) is 28.4 Å². The summed E-state index contributed by atoms with van der Waals surface area (Å²) in [5, 5.41) is 31.8. The zero-order valence-electron chi connectivity index (χ0n) is 9.11. The highest BCUT2D eigenvalue weighted by Gasteiger charge is 2.18. The van der Waals surface area contributed by atoms with Gasteiger partial charge in [-0.15, -0.1) is 0 Å². The lowest BCUT2D eigenvalue weighted by atomic mass is 9.90. The van der Waals surface area contributed by atoms with Crippen LogP contribution in [0.3, 0.4) is 0 Å². The highest BCUT2D eigenvalue weighted by atomic mass is 16.3. The number of benzene rings is 1. The number of aromatic hydroxyl groups is 3. The number of phenolic OH excluding ortho intramolecular Hbond substituents is 3. The van der Waals surface area contributed by atoms with E-state index in [0.717, 1.165) is 25.9 Å². The van der Waals surface area contributed by atoms with Crippen LogP contribution in [0.4, 0.5) is 0 Å². The van der Waals surface area contributed by atoms with Gasteiger partial charge in [0.1, 0.15) is 17.2 Å². The van der Waals surface area contributed by atoms with Crippen molar-refractivity contribution in [1.82, 2.24) is 5.32 Å². The molecule has 1 fully saturated rings. The Hall–Kier alpha value is -1.42. The van der Waals surface area contributed by atoms with Crippen molar-refractivity contribution in [2.45, 2.75) is 19.3 Å². The number of phenols is 3. The van der Waals surface area contributed by atoms with Crippen LogP contribution in [0.2, 0.25) is 0 Å². The van der Waals surface area contributed by atoms with E-state index in [-0.39, 0.29) is 17.2 Å². The lowest BCUT2D eigenvalue weighted by Crippen LogP contribution is -2.28. The fraction of sp³-hybridized carbons (Fsp3) is 0.500. The SMILES string of the molecule is Oc1cc(O)c(CC2CCNCC2)c(O)c1. The predicted octanol–water partition coefficient (Wildman–Crippen LogP) is 1.35. The molecule has 0 atom stereocenters. The molecule has 0 saturated carbocycles. The molecule has 0 unspecified atom stereocenters. The average molecular weight is 223 g/mol.